The zero-order valence-corrected chi connectivity index (χ0v) is 12.8. The Kier molecular flexibility index (Phi) is 6.26. The maximum atomic E-state index is 11.7. The number of aliphatic carboxylic acids is 1. The van der Waals surface area contributed by atoms with Crippen LogP contribution in [0.5, 0.6) is 0 Å². The number of rotatable bonds is 8. The van der Waals surface area contributed by atoms with Gasteiger partial charge in [-0.15, -0.1) is 0 Å². The van der Waals surface area contributed by atoms with Crippen molar-refractivity contribution in [3.05, 3.63) is 0 Å². The van der Waals surface area contributed by atoms with Gasteiger partial charge in [0, 0.05) is 18.6 Å². The average molecular weight is 285 g/mol. The zero-order valence-electron chi connectivity index (χ0n) is 12.8. The molecule has 3 N–H and O–H groups in total. The van der Waals surface area contributed by atoms with E-state index in [1.54, 1.807) is 0 Å². The highest BCUT2D eigenvalue weighted by atomic mass is 16.4. The second-order valence-electron chi connectivity index (χ2n) is 6.12. The number of amides is 2. The highest BCUT2D eigenvalue weighted by molar-refractivity contribution is 5.82. The minimum Gasteiger partial charge on any atom is -0.480 e. The van der Waals surface area contributed by atoms with Crippen molar-refractivity contribution in [1.29, 1.82) is 0 Å². The third-order valence-corrected chi connectivity index (χ3v) is 3.69. The Balaban J connectivity index is 2.31. The fraction of sp³-hybridized carbons (Fsp3) is 0.857. The molecule has 0 aromatic heterocycles. The molecule has 0 radical (unpaired) electrons. The lowest BCUT2D eigenvalue weighted by Crippen LogP contribution is -2.49. The van der Waals surface area contributed by atoms with Gasteiger partial charge < -0.3 is 15.7 Å². The van der Waals surface area contributed by atoms with Crippen LogP contribution in [-0.4, -0.2) is 53.7 Å². The standard InChI is InChI=1S/C14H27N3O3/c1-9(2)7-12(13(18)19)16-14(20)15-8-10(3)17(4)11-5-6-11/h9-12H,5-8H2,1-4H3,(H,18,19)(H2,15,16,20)/t10?,12-/m0/s1. The second-order valence-corrected chi connectivity index (χ2v) is 6.12. The summed E-state index contributed by atoms with van der Waals surface area (Å²) in [5.41, 5.74) is 0. The van der Waals surface area contributed by atoms with Gasteiger partial charge in [0.2, 0.25) is 0 Å². The van der Waals surface area contributed by atoms with Gasteiger partial charge in [0.25, 0.3) is 0 Å². The molecule has 0 spiro atoms. The molecule has 1 unspecified atom stereocenters. The molecule has 0 aromatic rings. The smallest absolute Gasteiger partial charge is 0.326 e. The minimum absolute atomic E-state index is 0.219. The normalized spacial score (nSPS) is 17.9. The molecule has 0 heterocycles. The minimum atomic E-state index is -0.989. The molecule has 1 aliphatic carbocycles. The fourth-order valence-corrected chi connectivity index (χ4v) is 2.13. The number of urea groups is 1. The van der Waals surface area contributed by atoms with Gasteiger partial charge in [0.15, 0.2) is 0 Å². The van der Waals surface area contributed by atoms with Gasteiger partial charge in [-0.05, 0) is 39.2 Å². The first-order valence-corrected chi connectivity index (χ1v) is 7.30. The van der Waals surface area contributed by atoms with Crippen molar-refractivity contribution in [1.82, 2.24) is 15.5 Å². The maximum absolute atomic E-state index is 11.7. The summed E-state index contributed by atoms with van der Waals surface area (Å²) in [6.07, 6.45) is 2.88. The van der Waals surface area contributed by atoms with E-state index in [0.717, 1.165) is 0 Å². The van der Waals surface area contributed by atoms with Crippen LogP contribution < -0.4 is 10.6 Å². The number of nitrogens with one attached hydrogen (secondary N) is 2. The Labute approximate surface area is 120 Å². The largest absolute Gasteiger partial charge is 0.480 e. The average Bonchev–Trinajstić information content (AvgIpc) is 3.17. The van der Waals surface area contributed by atoms with Gasteiger partial charge >= 0.3 is 12.0 Å². The van der Waals surface area contributed by atoms with Gasteiger partial charge in [0.1, 0.15) is 6.04 Å². The number of carboxylic acid groups (broad SMARTS) is 1. The van der Waals surface area contributed by atoms with Gasteiger partial charge in [-0.25, -0.2) is 9.59 Å². The van der Waals surface area contributed by atoms with Crippen LogP contribution in [0.2, 0.25) is 0 Å². The van der Waals surface area contributed by atoms with Crippen molar-refractivity contribution in [3.63, 3.8) is 0 Å². The zero-order chi connectivity index (χ0) is 15.3. The summed E-state index contributed by atoms with van der Waals surface area (Å²) >= 11 is 0. The van der Waals surface area contributed by atoms with Crippen molar-refractivity contribution in [2.24, 2.45) is 5.92 Å². The van der Waals surface area contributed by atoms with Gasteiger partial charge in [0.05, 0.1) is 0 Å². The first-order valence-electron chi connectivity index (χ1n) is 7.30. The molecule has 0 aliphatic heterocycles. The SMILES string of the molecule is CC(C)C[C@H](NC(=O)NCC(C)N(C)C1CC1)C(=O)O. The molecular formula is C14H27N3O3. The number of carbonyl (C=O) groups excluding carboxylic acids is 1. The molecular weight excluding hydrogens is 258 g/mol. The molecule has 1 rings (SSSR count). The number of likely N-dealkylation sites (N-methyl/N-ethyl adjacent to an activating group) is 1. The fourth-order valence-electron chi connectivity index (χ4n) is 2.13. The molecule has 2 atom stereocenters. The molecule has 6 nitrogen and oxygen atoms in total. The molecule has 1 saturated carbocycles. The van der Waals surface area contributed by atoms with Crippen LogP contribution in [0.25, 0.3) is 0 Å². The lowest BCUT2D eigenvalue weighted by atomic mass is 10.0. The number of carbonyl (C=O) groups is 2. The molecule has 0 aromatic carbocycles. The van der Waals surface area contributed by atoms with E-state index in [2.05, 4.69) is 29.5 Å². The van der Waals surface area contributed by atoms with Gasteiger partial charge in [-0.2, -0.15) is 0 Å². The van der Waals surface area contributed by atoms with Crippen LogP contribution in [0.1, 0.15) is 40.0 Å². The highest BCUT2D eigenvalue weighted by Crippen LogP contribution is 2.26. The molecule has 1 aliphatic rings. The summed E-state index contributed by atoms with van der Waals surface area (Å²) in [5.74, 6) is -0.770. The van der Waals surface area contributed by atoms with Gasteiger partial charge in [-0.1, -0.05) is 13.8 Å². The van der Waals surface area contributed by atoms with Crippen molar-refractivity contribution in [2.45, 2.75) is 58.2 Å². The van der Waals surface area contributed by atoms with Crippen molar-refractivity contribution < 1.29 is 14.7 Å². The van der Waals surface area contributed by atoms with Crippen molar-refractivity contribution in [3.8, 4) is 0 Å². The predicted octanol–water partition coefficient (Wildman–Crippen LogP) is 1.27. The molecule has 116 valence electrons. The second kappa shape index (κ2) is 7.47. The van der Waals surface area contributed by atoms with E-state index in [-0.39, 0.29) is 12.0 Å². The summed E-state index contributed by atoms with van der Waals surface area (Å²) in [6.45, 7) is 6.44. The van der Waals surface area contributed by atoms with E-state index in [0.29, 0.717) is 19.0 Å². The van der Waals surface area contributed by atoms with E-state index in [1.165, 1.54) is 12.8 Å². The number of hydrogen-bond donors (Lipinski definition) is 3. The molecule has 0 bridgehead atoms. The summed E-state index contributed by atoms with van der Waals surface area (Å²) in [4.78, 5) is 25.1. The van der Waals surface area contributed by atoms with E-state index < -0.39 is 18.0 Å². The van der Waals surface area contributed by atoms with E-state index >= 15 is 0 Å². The molecule has 6 heteroatoms. The van der Waals surface area contributed by atoms with Gasteiger partial charge in [-0.3, -0.25) is 4.90 Å². The van der Waals surface area contributed by atoms with Crippen LogP contribution >= 0.6 is 0 Å². The Hall–Kier alpha value is -1.30. The monoisotopic (exact) mass is 285 g/mol. The summed E-state index contributed by atoms with van der Waals surface area (Å²) < 4.78 is 0. The predicted molar refractivity (Wildman–Crippen MR) is 77.7 cm³/mol. The number of carboxylic acids is 1. The first kappa shape index (κ1) is 16.8. The van der Waals surface area contributed by atoms with Crippen LogP contribution in [-0.2, 0) is 4.79 Å². The lowest BCUT2D eigenvalue weighted by molar-refractivity contribution is -0.139. The van der Waals surface area contributed by atoms with E-state index in [1.807, 2.05) is 13.8 Å². The summed E-state index contributed by atoms with van der Waals surface area (Å²) in [7, 11) is 2.06. The van der Waals surface area contributed by atoms with E-state index in [4.69, 9.17) is 5.11 Å². The van der Waals surface area contributed by atoms with Crippen molar-refractivity contribution in [2.75, 3.05) is 13.6 Å². The maximum Gasteiger partial charge on any atom is 0.326 e. The van der Waals surface area contributed by atoms with Crippen molar-refractivity contribution >= 4 is 12.0 Å². The Morgan fingerprint density at radius 2 is 1.90 bits per heavy atom. The van der Waals surface area contributed by atoms with E-state index in [9.17, 15) is 9.59 Å². The molecule has 0 saturated heterocycles. The summed E-state index contributed by atoms with van der Waals surface area (Å²) in [5, 5.41) is 14.3. The molecule has 1 fully saturated rings. The topological polar surface area (TPSA) is 81.7 Å². The quantitative estimate of drug-likeness (QED) is 0.627. The Morgan fingerprint density at radius 3 is 2.35 bits per heavy atom. The number of nitrogens with zero attached hydrogens (tertiary/aromatic N) is 1. The number of hydrogen-bond acceptors (Lipinski definition) is 3. The highest BCUT2D eigenvalue weighted by Gasteiger charge is 2.29. The third kappa shape index (κ3) is 5.77. The van der Waals surface area contributed by atoms with Crippen LogP contribution in [0.3, 0.4) is 0 Å². The Morgan fingerprint density at radius 1 is 1.30 bits per heavy atom. The first-order chi connectivity index (χ1) is 9.31. The van der Waals surface area contributed by atoms with Crippen LogP contribution in [0, 0.1) is 5.92 Å². The molecule has 2 amide bonds. The molecule has 20 heavy (non-hydrogen) atoms. The summed E-state index contributed by atoms with van der Waals surface area (Å²) in [6, 6.07) is -0.343. The lowest BCUT2D eigenvalue weighted by Gasteiger charge is -2.25. The third-order valence-electron chi connectivity index (χ3n) is 3.69. The van der Waals surface area contributed by atoms with Crippen LogP contribution in [0.15, 0.2) is 0 Å². The van der Waals surface area contributed by atoms with Crippen LogP contribution in [0.4, 0.5) is 4.79 Å². The Bertz CT molecular complexity index is 343.